The number of methoxy groups -OCH3 is 2. The fourth-order valence-electron chi connectivity index (χ4n) is 3.02. The molecule has 1 fully saturated rings. The fourth-order valence-corrected chi connectivity index (χ4v) is 4.05. The standard InChI is InChI=1S/C18H26N2O6S/c1-13-4-5-15(27(23,24)19-8-11-25-2)12-16(13)17(21)20-9-6-14(7-10-20)18(22)26-3/h4-5,12,14,19H,6-11H2,1-3H3. The second kappa shape index (κ2) is 9.29. The van der Waals surface area contributed by atoms with Crippen LogP contribution in [0, 0.1) is 12.8 Å². The van der Waals surface area contributed by atoms with Gasteiger partial charge in [0.2, 0.25) is 10.0 Å². The zero-order chi connectivity index (χ0) is 20.0. The molecule has 8 nitrogen and oxygen atoms in total. The van der Waals surface area contributed by atoms with E-state index in [2.05, 4.69) is 4.72 Å². The Morgan fingerprint density at radius 2 is 1.89 bits per heavy atom. The van der Waals surface area contributed by atoms with Gasteiger partial charge >= 0.3 is 5.97 Å². The number of carbonyl (C=O) groups is 2. The first-order valence-electron chi connectivity index (χ1n) is 8.76. The van der Waals surface area contributed by atoms with Gasteiger partial charge in [-0.2, -0.15) is 0 Å². The van der Waals surface area contributed by atoms with Crippen LogP contribution in [0.4, 0.5) is 0 Å². The summed E-state index contributed by atoms with van der Waals surface area (Å²) in [6, 6.07) is 4.50. The maximum absolute atomic E-state index is 12.9. The summed E-state index contributed by atoms with van der Waals surface area (Å²) in [6.45, 7) is 3.04. The number of nitrogens with zero attached hydrogens (tertiary/aromatic N) is 1. The quantitative estimate of drug-likeness (QED) is 0.542. The predicted molar refractivity (Wildman–Crippen MR) is 98.9 cm³/mol. The van der Waals surface area contributed by atoms with Crippen LogP contribution in [0.25, 0.3) is 0 Å². The number of carbonyl (C=O) groups excluding carboxylic acids is 2. The first kappa shape index (κ1) is 21.3. The zero-order valence-electron chi connectivity index (χ0n) is 15.9. The van der Waals surface area contributed by atoms with E-state index in [1.165, 1.54) is 26.4 Å². The van der Waals surface area contributed by atoms with E-state index in [-0.39, 0.29) is 35.8 Å². The third-order valence-electron chi connectivity index (χ3n) is 4.66. The maximum Gasteiger partial charge on any atom is 0.308 e. The number of likely N-dealkylation sites (tertiary alicyclic amines) is 1. The van der Waals surface area contributed by atoms with Crippen molar-refractivity contribution in [3.05, 3.63) is 29.3 Å². The molecule has 1 N–H and O–H groups in total. The van der Waals surface area contributed by atoms with Gasteiger partial charge in [0.15, 0.2) is 0 Å². The molecule has 0 aromatic heterocycles. The van der Waals surface area contributed by atoms with Crippen LogP contribution in [0.5, 0.6) is 0 Å². The maximum atomic E-state index is 12.9. The van der Waals surface area contributed by atoms with Gasteiger partial charge in [-0.05, 0) is 37.5 Å². The van der Waals surface area contributed by atoms with E-state index in [1.807, 2.05) is 0 Å². The summed E-state index contributed by atoms with van der Waals surface area (Å²) in [5.41, 5.74) is 1.05. The smallest absolute Gasteiger partial charge is 0.308 e. The molecular formula is C18H26N2O6S. The molecule has 1 aliphatic heterocycles. The van der Waals surface area contributed by atoms with Gasteiger partial charge in [-0.25, -0.2) is 13.1 Å². The number of piperidine rings is 1. The molecule has 0 radical (unpaired) electrons. The van der Waals surface area contributed by atoms with Crippen molar-refractivity contribution < 1.29 is 27.5 Å². The first-order chi connectivity index (χ1) is 12.8. The number of sulfonamides is 1. The topological polar surface area (TPSA) is 102 Å². The van der Waals surface area contributed by atoms with Gasteiger partial charge in [0.05, 0.1) is 24.5 Å². The van der Waals surface area contributed by atoms with Gasteiger partial charge in [0.25, 0.3) is 5.91 Å². The highest BCUT2D eigenvalue weighted by atomic mass is 32.2. The minimum absolute atomic E-state index is 0.0389. The highest BCUT2D eigenvalue weighted by Crippen LogP contribution is 2.23. The summed E-state index contributed by atoms with van der Waals surface area (Å²) in [7, 11) is -0.878. The number of esters is 1. The molecule has 0 aliphatic carbocycles. The lowest BCUT2D eigenvalue weighted by atomic mass is 9.96. The number of hydrogen-bond acceptors (Lipinski definition) is 6. The number of amides is 1. The lowest BCUT2D eigenvalue weighted by molar-refractivity contribution is -0.146. The molecule has 1 heterocycles. The Morgan fingerprint density at radius 3 is 2.48 bits per heavy atom. The average Bonchev–Trinajstić information content (AvgIpc) is 2.67. The highest BCUT2D eigenvalue weighted by molar-refractivity contribution is 7.89. The molecule has 1 amide bonds. The van der Waals surface area contributed by atoms with Crippen LogP contribution in [0.3, 0.4) is 0 Å². The van der Waals surface area contributed by atoms with Crippen molar-refractivity contribution in [1.29, 1.82) is 0 Å². The van der Waals surface area contributed by atoms with E-state index in [0.29, 0.717) is 37.1 Å². The van der Waals surface area contributed by atoms with Crippen molar-refractivity contribution in [2.24, 2.45) is 5.92 Å². The van der Waals surface area contributed by atoms with Gasteiger partial charge in [0, 0.05) is 32.3 Å². The molecule has 0 saturated carbocycles. The van der Waals surface area contributed by atoms with E-state index in [1.54, 1.807) is 17.9 Å². The van der Waals surface area contributed by atoms with E-state index in [0.717, 1.165) is 0 Å². The molecule has 1 aliphatic rings. The first-order valence-corrected chi connectivity index (χ1v) is 10.2. The molecular weight excluding hydrogens is 372 g/mol. The van der Waals surface area contributed by atoms with Gasteiger partial charge < -0.3 is 14.4 Å². The summed E-state index contributed by atoms with van der Waals surface area (Å²) in [5, 5.41) is 0. The summed E-state index contributed by atoms with van der Waals surface area (Å²) in [5.74, 6) is -0.685. The van der Waals surface area contributed by atoms with Crippen molar-refractivity contribution in [1.82, 2.24) is 9.62 Å². The minimum Gasteiger partial charge on any atom is -0.469 e. The number of ether oxygens (including phenoxy) is 2. The third-order valence-corrected chi connectivity index (χ3v) is 6.12. The summed E-state index contributed by atoms with van der Waals surface area (Å²) >= 11 is 0. The number of hydrogen-bond donors (Lipinski definition) is 1. The van der Waals surface area contributed by atoms with Crippen LogP contribution in [0.1, 0.15) is 28.8 Å². The second-order valence-electron chi connectivity index (χ2n) is 6.46. The van der Waals surface area contributed by atoms with Crippen LogP contribution < -0.4 is 4.72 Å². The van der Waals surface area contributed by atoms with Gasteiger partial charge in [-0.1, -0.05) is 6.07 Å². The minimum atomic E-state index is -3.72. The number of benzene rings is 1. The van der Waals surface area contributed by atoms with Crippen LogP contribution in [-0.2, 0) is 24.3 Å². The molecule has 1 aromatic rings. The van der Waals surface area contributed by atoms with Crippen molar-refractivity contribution in [2.75, 3.05) is 40.5 Å². The van der Waals surface area contributed by atoms with Crippen molar-refractivity contribution in [2.45, 2.75) is 24.7 Å². The molecule has 150 valence electrons. The molecule has 1 saturated heterocycles. The Morgan fingerprint density at radius 1 is 1.22 bits per heavy atom. The van der Waals surface area contributed by atoms with E-state index in [4.69, 9.17) is 9.47 Å². The molecule has 0 atom stereocenters. The second-order valence-corrected chi connectivity index (χ2v) is 8.22. The predicted octanol–water partition coefficient (Wildman–Crippen LogP) is 0.945. The summed E-state index contributed by atoms with van der Waals surface area (Å²) in [4.78, 5) is 26.2. The van der Waals surface area contributed by atoms with E-state index < -0.39 is 10.0 Å². The molecule has 2 rings (SSSR count). The van der Waals surface area contributed by atoms with Crippen LogP contribution in [0.2, 0.25) is 0 Å². The fraction of sp³-hybridized carbons (Fsp3) is 0.556. The van der Waals surface area contributed by atoms with Gasteiger partial charge in [-0.3, -0.25) is 9.59 Å². The van der Waals surface area contributed by atoms with E-state index in [9.17, 15) is 18.0 Å². The molecule has 9 heteroatoms. The third kappa shape index (κ3) is 5.27. The van der Waals surface area contributed by atoms with Crippen molar-refractivity contribution >= 4 is 21.9 Å². The highest BCUT2D eigenvalue weighted by Gasteiger charge is 2.29. The van der Waals surface area contributed by atoms with Gasteiger partial charge in [0.1, 0.15) is 0 Å². The Labute approximate surface area is 159 Å². The Balaban J connectivity index is 2.14. The lowest BCUT2D eigenvalue weighted by Crippen LogP contribution is -2.40. The molecule has 27 heavy (non-hydrogen) atoms. The van der Waals surface area contributed by atoms with Crippen molar-refractivity contribution in [3.8, 4) is 0 Å². The molecule has 0 unspecified atom stereocenters. The molecule has 1 aromatic carbocycles. The Bertz CT molecular complexity index is 785. The summed E-state index contributed by atoms with van der Waals surface area (Å²) < 4.78 is 36.8. The van der Waals surface area contributed by atoms with Crippen molar-refractivity contribution in [3.63, 3.8) is 0 Å². The monoisotopic (exact) mass is 398 g/mol. The van der Waals surface area contributed by atoms with E-state index >= 15 is 0 Å². The molecule has 0 bridgehead atoms. The number of nitrogens with one attached hydrogen (secondary N) is 1. The Hall–Kier alpha value is -1.97. The zero-order valence-corrected chi connectivity index (χ0v) is 16.7. The SMILES string of the molecule is COCCNS(=O)(=O)c1ccc(C)c(C(=O)N2CCC(C(=O)OC)CC2)c1. The van der Waals surface area contributed by atoms with Crippen LogP contribution in [0.15, 0.2) is 23.1 Å². The number of aryl methyl sites for hydroxylation is 1. The molecule has 0 spiro atoms. The Kier molecular flexibility index (Phi) is 7.34. The normalized spacial score (nSPS) is 15.6. The largest absolute Gasteiger partial charge is 0.469 e. The number of rotatable bonds is 7. The lowest BCUT2D eigenvalue weighted by Gasteiger charge is -2.31. The van der Waals surface area contributed by atoms with Crippen LogP contribution in [-0.4, -0.2) is 65.7 Å². The van der Waals surface area contributed by atoms with Gasteiger partial charge in [-0.15, -0.1) is 0 Å². The average molecular weight is 398 g/mol. The summed E-state index contributed by atoms with van der Waals surface area (Å²) in [6.07, 6.45) is 1.07. The van der Waals surface area contributed by atoms with Crippen LogP contribution >= 0.6 is 0 Å².